The first-order valence-electron chi connectivity index (χ1n) is 10.1. The fraction of sp³-hybridized carbons (Fsp3) is 0.250. The van der Waals surface area contributed by atoms with E-state index in [0.717, 1.165) is 42.6 Å². The van der Waals surface area contributed by atoms with Gasteiger partial charge in [-0.25, -0.2) is 0 Å². The Labute approximate surface area is 219 Å². The minimum Gasteiger partial charge on any atom is -0.487 e. The van der Waals surface area contributed by atoms with Gasteiger partial charge in [-0.1, -0.05) is 23.7 Å². The highest BCUT2D eigenvalue weighted by atomic mass is 127. The van der Waals surface area contributed by atoms with Gasteiger partial charge < -0.3 is 15.4 Å². The molecule has 0 bridgehead atoms. The van der Waals surface area contributed by atoms with Gasteiger partial charge >= 0.3 is 0 Å². The van der Waals surface area contributed by atoms with Crippen LogP contribution in [0, 0.1) is 18.5 Å². The lowest BCUT2D eigenvalue weighted by Crippen LogP contribution is -2.36. The highest BCUT2D eigenvalue weighted by molar-refractivity contribution is 14.1. The van der Waals surface area contributed by atoms with Gasteiger partial charge in [0.1, 0.15) is 18.2 Å². The lowest BCUT2D eigenvalue weighted by molar-refractivity contribution is -0.116. The number of allylic oxidation sites excluding steroid dienone is 3. The Kier molecular flexibility index (Phi) is 7.03. The highest BCUT2D eigenvalue weighted by Gasteiger charge is 2.39. The van der Waals surface area contributed by atoms with Gasteiger partial charge in [0.2, 0.25) is 0 Å². The lowest BCUT2D eigenvalue weighted by atomic mass is 9.76. The van der Waals surface area contributed by atoms with E-state index in [1.54, 1.807) is 4.90 Å². The van der Waals surface area contributed by atoms with Crippen LogP contribution in [0.2, 0.25) is 5.02 Å². The van der Waals surface area contributed by atoms with E-state index in [0.29, 0.717) is 35.0 Å². The molecular weight excluding hydrogens is 652 g/mol. The van der Waals surface area contributed by atoms with Gasteiger partial charge in [0.05, 0.1) is 24.7 Å². The minimum atomic E-state index is -0.452. The molecule has 1 atom stereocenters. The molecule has 0 fully saturated rings. The molecule has 1 heterocycles. The highest BCUT2D eigenvalue weighted by Crippen LogP contribution is 2.45. The van der Waals surface area contributed by atoms with Crippen LogP contribution in [0.5, 0.6) is 5.75 Å². The van der Waals surface area contributed by atoms with Crippen molar-refractivity contribution in [1.29, 1.82) is 5.26 Å². The van der Waals surface area contributed by atoms with Crippen LogP contribution in [0.15, 0.2) is 59.1 Å². The fourth-order valence-corrected chi connectivity index (χ4v) is 6.47. The van der Waals surface area contributed by atoms with Crippen LogP contribution in [0.4, 0.5) is 0 Å². The molecule has 0 saturated carbocycles. The molecule has 32 heavy (non-hydrogen) atoms. The van der Waals surface area contributed by atoms with Gasteiger partial charge in [-0.05, 0) is 93.4 Å². The number of hydrogen-bond donors (Lipinski definition) is 1. The third-order valence-corrected chi connectivity index (χ3v) is 7.67. The Morgan fingerprint density at radius 1 is 1.22 bits per heavy atom. The lowest BCUT2D eigenvalue weighted by Gasteiger charge is -2.37. The van der Waals surface area contributed by atoms with Gasteiger partial charge in [-0.2, -0.15) is 5.26 Å². The van der Waals surface area contributed by atoms with Crippen LogP contribution in [-0.4, -0.2) is 17.7 Å². The van der Waals surface area contributed by atoms with E-state index < -0.39 is 5.92 Å². The Hall–Kier alpha value is -1.77. The molecular formula is C24H20ClI2N3O2. The van der Waals surface area contributed by atoms with Gasteiger partial charge in [0.15, 0.2) is 5.78 Å². The summed E-state index contributed by atoms with van der Waals surface area (Å²) in [7, 11) is 1.83. The third-order valence-electron chi connectivity index (χ3n) is 5.82. The Morgan fingerprint density at radius 2 is 1.88 bits per heavy atom. The normalized spacial score (nSPS) is 18.5. The van der Waals surface area contributed by atoms with Gasteiger partial charge in [-0.3, -0.25) is 4.79 Å². The monoisotopic (exact) mass is 671 g/mol. The van der Waals surface area contributed by atoms with Crippen LogP contribution in [0.25, 0.3) is 0 Å². The zero-order valence-corrected chi connectivity index (χ0v) is 22.4. The number of ether oxygens (including phenoxy) is 1. The number of hydrogen-bond acceptors (Lipinski definition) is 5. The molecule has 164 valence electrons. The summed E-state index contributed by atoms with van der Waals surface area (Å²) in [5, 5.41) is 10.6. The maximum atomic E-state index is 13.0. The van der Waals surface area contributed by atoms with Crippen molar-refractivity contribution in [3.63, 3.8) is 0 Å². The standard InChI is InChI=1S/C24H20ClI2N3O2/c1-30-19-3-2-4-20(31)22(19)21(16(11-28)24(30)29)14-9-17(26)23(18(27)10-14)32-12-13-5-7-15(25)8-6-13/h5-10,21H,2-4,12,29H2,1H3/t21-/m0/s1. The summed E-state index contributed by atoms with van der Waals surface area (Å²) < 4.78 is 7.94. The summed E-state index contributed by atoms with van der Waals surface area (Å²) in [5.41, 5.74) is 10.3. The first kappa shape index (κ1) is 23.4. The predicted octanol–water partition coefficient (Wildman–Crippen LogP) is 5.86. The molecule has 1 aliphatic heterocycles. The average Bonchev–Trinajstić information content (AvgIpc) is 2.77. The number of nitrogens with zero attached hydrogens (tertiary/aromatic N) is 2. The second-order valence-electron chi connectivity index (χ2n) is 7.77. The molecule has 0 amide bonds. The van der Waals surface area contributed by atoms with Crippen molar-refractivity contribution in [3.8, 4) is 11.8 Å². The summed E-state index contributed by atoms with van der Waals surface area (Å²) >= 11 is 10.5. The molecule has 0 radical (unpaired) electrons. The zero-order chi connectivity index (χ0) is 23.0. The van der Waals surface area contributed by atoms with Crippen LogP contribution >= 0.6 is 56.8 Å². The number of carbonyl (C=O) groups is 1. The van der Waals surface area contributed by atoms with Crippen molar-refractivity contribution < 1.29 is 9.53 Å². The molecule has 0 unspecified atom stereocenters. The van der Waals surface area contributed by atoms with E-state index in [1.807, 2.05) is 43.4 Å². The van der Waals surface area contributed by atoms with Crippen LogP contribution < -0.4 is 10.5 Å². The number of halogens is 3. The van der Waals surface area contributed by atoms with Crippen molar-refractivity contribution in [1.82, 2.24) is 4.90 Å². The molecule has 0 aromatic heterocycles. The fourth-order valence-electron chi connectivity index (χ4n) is 4.22. The molecule has 0 spiro atoms. The second-order valence-corrected chi connectivity index (χ2v) is 10.5. The number of Topliss-reactive ketones (excluding diaryl/α,β-unsaturated/α-hetero) is 1. The number of nitrogens with two attached hydrogens (primary N) is 1. The molecule has 2 N–H and O–H groups in total. The minimum absolute atomic E-state index is 0.0939. The zero-order valence-electron chi connectivity index (χ0n) is 17.3. The Bertz CT molecular complexity index is 1180. The predicted molar refractivity (Wildman–Crippen MR) is 141 cm³/mol. The average molecular weight is 672 g/mol. The molecule has 0 saturated heterocycles. The van der Waals surface area contributed by atoms with Crippen LogP contribution in [-0.2, 0) is 11.4 Å². The Morgan fingerprint density at radius 3 is 2.50 bits per heavy atom. The van der Waals surface area contributed by atoms with Crippen molar-refractivity contribution >= 4 is 62.6 Å². The van der Waals surface area contributed by atoms with Crippen LogP contribution in [0.1, 0.15) is 36.3 Å². The molecule has 2 aromatic carbocycles. The van der Waals surface area contributed by atoms with Crippen molar-refractivity contribution in [2.45, 2.75) is 31.8 Å². The second kappa shape index (κ2) is 9.61. The molecule has 8 heteroatoms. The maximum Gasteiger partial charge on any atom is 0.161 e. The first-order chi connectivity index (χ1) is 15.3. The molecule has 1 aliphatic carbocycles. The van der Waals surface area contributed by atoms with Crippen molar-refractivity contribution in [2.75, 3.05) is 7.05 Å². The summed E-state index contributed by atoms with van der Waals surface area (Å²) in [6.07, 6.45) is 2.08. The summed E-state index contributed by atoms with van der Waals surface area (Å²) in [4.78, 5) is 14.8. The van der Waals surface area contributed by atoms with Gasteiger partial charge in [0.25, 0.3) is 0 Å². The number of nitriles is 1. The Balaban J connectivity index is 1.72. The van der Waals surface area contributed by atoms with E-state index in [2.05, 4.69) is 51.3 Å². The van der Waals surface area contributed by atoms with Crippen molar-refractivity contribution in [2.24, 2.45) is 5.73 Å². The molecule has 2 aromatic rings. The third kappa shape index (κ3) is 4.37. The molecule has 4 rings (SSSR count). The quantitative estimate of drug-likeness (QED) is 0.413. The number of rotatable bonds is 4. The smallest absolute Gasteiger partial charge is 0.161 e. The largest absolute Gasteiger partial charge is 0.487 e. The van der Waals surface area contributed by atoms with E-state index in [4.69, 9.17) is 22.1 Å². The number of benzene rings is 2. The summed E-state index contributed by atoms with van der Waals surface area (Å²) in [6, 6.07) is 13.8. The topological polar surface area (TPSA) is 79.3 Å². The van der Waals surface area contributed by atoms with Crippen molar-refractivity contribution in [3.05, 3.63) is 82.4 Å². The molecule has 2 aliphatic rings. The van der Waals surface area contributed by atoms with Gasteiger partial charge in [-0.15, -0.1) is 0 Å². The van der Waals surface area contributed by atoms with E-state index in [-0.39, 0.29) is 5.78 Å². The molecule has 5 nitrogen and oxygen atoms in total. The SMILES string of the molecule is CN1C(N)=C(C#N)[C@H](c2cc(I)c(OCc3ccc(Cl)cc3)c(I)c2)C2=C1CCCC2=O. The van der Waals surface area contributed by atoms with Gasteiger partial charge in [0, 0.05) is 29.8 Å². The van der Waals surface area contributed by atoms with E-state index in [9.17, 15) is 10.1 Å². The summed E-state index contributed by atoms with van der Waals surface area (Å²) in [5.74, 6) is 0.833. The maximum absolute atomic E-state index is 13.0. The van der Waals surface area contributed by atoms with E-state index in [1.165, 1.54) is 0 Å². The summed E-state index contributed by atoms with van der Waals surface area (Å²) in [6.45, 7) is 0.417. The van der Waals surface area contributed by atoms with Crippen LogP contribution in [0.3, 0.4) is 0 Å². The number of carbonyl (C=O) groups excluding carboxylic acids is 1. The first-order valence-corrected chi connectivity index (χ1v) is 12.6. The number of ketones is 1. The van der Waals surface area contributed by atoms with E-state index >= 15 is 0 Å².